The third-order valence-electron chi connectivity index (χ3n) is 7.42. The van der Waals surface area contributed by atoms with E-state index in [1.54, 1.807) is 30.5 Å². The molecule has 1 N–H and O–H groups in total. The normalized spacial score (nSPS) is 16.3. The maximum absolute atomic E-state index is 13.7. The van der Waals surface area contributed by atoms with E-state index >= 15 is 0 Å². The Morgan fingerprint density at radius 3 is 2.56 bits per heavy atom. The number of nitrogens with one attached hydrogen (secondary N) is 1. The summed E-state index contributed by atoms with van der Waals surface area (Å²) < 4.78 is 21.9. The average molecular weight is 527 g/mol. The number of carbonyl (C=O) groups is 1. The van der Waals surface area contributed by atoms with Gasteiger partial charge in [-0.2, -0.15) is 4.98 Å². The van der Waals surface area contributed by atoms with Crippen molar-refractivity contribution in [1.29, 1.82) is 0 Å². The SMILES string of the molecule is O=C(c1cccc(Oc2nccc(-c3c(-c4ccc(F)cc4)ncn3C3CCNCC3)n2)c1)N1CCCCC1. The zero-order valence-electron chi connectivity index (χ0n) is 21.7. The molecule has 4 heterocycles. The molecular formula is C30H31FN6O2. The highest BCUT2D eigenvalue weighted by Gasteiger charge is 2.24. The van der Waals surface area contributed by atoms with Gasteiger partial charge in [-0.05, 0) is 93.7 Å². The fraction of sp³-hybridized carbons (Fsp3) is 0.333. The van der Waals surface area contributed by atoms with Crippen molar-refractivity contribution in [2.75, 3.05) is 26.2 Å². The van der Waals surface area contributed by atoms with Crippen LogP contribution in [0.1, 0.15) is 48.5 Å². The lowest BCUT2D eigenvalue weighted by atomic mass is 10.0. The highest BCUT2D eigenvalue weighted by Crippen LogP contribution is 2.35. The zero-order valence-corrected chi connectivity index (χ0v) is 21.7. The van der Waals surface area contributed by atoms with Crippen molar-refractivity contribution in [3.05, 3.63) is 78.5 Å². The van der Waals surface area contributed by atoms with Crippen LogP contribution >= 0.6 is 0 Å². The molecule has 2 aliphatic heterocycles. The molecule has 6 rings (SSSR count). The fourth-order valence-electron chi connectivity index (χ4n) is 5.39. The lowest BCUT2D eigenvalue weighted by Crippen LogP contribution is -2.35. The number of likely N-dealkylation sites (tertiary alicyclic amines) is 1. The maximum Gasteiger partial charge on any atom is 0.322 e. The van der Waals surface area contributed by atoms with Crippen LogP contribution in [0.3, 0.4) is 0 Å². The van der Waals surface area contributed by atoms with Crippen LogP contribution in [-0.2, 0) is 0 Å². The van der Waals surface area contributed by atoms with Gasteiger partial charge in [0.25, 0.3) is 5.91 Å². The maximum atomic E-state index is 13.7. The Morgan fingerprint density at radius 2 is 1.77 bits per heavy atom. The van der Waals surface area contributed by atoms with Gasteiger partial charge in [-0.3, -0.25) is 4.79 Å². The minimum Gasteiger partial charge on any atom is -0.424 e. The second-order valence-electron chi connectivity index (χ2n) is 10.0. The first-order chi connectivity index (χ1) is 19.2. The first-order valence-electron chi connectivity index (χ1n) is 13.6. The van der Waals surface area contributed by atoms with Crippen molar-refractivity contribution in [3.8, 4) is 34.4 Å². The molecule has 2 aliphatic rings. The number of ether oxygens (including phenoxy) is 1. The number of carbonyl (C=O) groups excluding carboxylic acids is 1. The molecule has 0 unspecified atom stereocenters. The number of nitrogens with zero attached hydrogens (tertiary/aromatic N) is 5. The predicted octanol–water partition coefficient (Wildman–Crippen LogP) is 5.49. The van der Waals surface area contributed by atoms with Crippen LogP contribution in [0.15, 0.2) is 67.1 Å². The summed E-state index contributed by atoms with van der Waals surface area (Å²) in [7, 11) is 0. The van der Waals surface area contributed by atoms with E-state index in [0.29, 0.717) is 17.0 Å². The summed E-state index contributed by atoms with van der Waals surface area (Å²) in [6.07, 6.45) is 8.70. The quantitative estimate of drug-likeness (QED) is 0.358. The molecule has 2 saturated heterocycles. The van der Waals surface area contributed by atoms with Crippen LogP contribution < -0.4 is 10.1 Å². The number of halogens is 1. The Hall–Kier alpha value is -4.11. The molecule has 2 fully saturated rings. The Bertz CT molecular complexity index is 1440. The molecule has 0 bridgehead atoms. The van der Waals surface area contributed by atoms with Crippen molar-refractivity contribution in [3.63, 3.8) is 0 Å². The Kier molecular flexibility index (Phi) is 7.31. The van der Waals surface area contributed by atoms with E-state index in [4.69, 9.17) is 14.7 Å². The molecule has 2 aromatic carbocycles. The first-order valence-corrected chi connectivity index (χ1v) is 13.6. The number of imidazole rings is 1. The van der Waals surface area contributed by atoms with Gasteiger partial charge in [-0.15, -0.1) is 0 Å². The van der Waals surface area contributed by atoms with Crippen LogP contribution in [0.4, 0.5) is 4.39 Å². The van der Waals surface area contributed by atoms with Crippen molar-refractivity contribution in [1.82, 2.24) is 29.7 Å². The third-order valence-corrected chi connectivity index (χ3v) is 7.42. The lowest BCUT2D eigenvalue weighted by molar-refractivity contribution is 0.0724. The van der Waals surface area contributed by atoms with E-state index in [1.807, 2.05) is 29.4 Å². The van der Waals surface area contributed by atoms with Crippen molar-refractivity contribution < 1.29 is 13.9 Å². The molecule has 200 valence electrons. The summed E-state index contributed by atoms with van der Waals surface area (Å²) in [6, 6.07) is 15.8. The van der Waals surface area contributed by atoms with Gasteiger partial charge >= 0.3 is 6.01 Å². The van der Waals surface area contributed by atoms with Gasteiger partial charge in [-0.1, -0.05) is 6.07 Å². The van der Waals surface area contributed by atoms with E-state index in [9.17, 15) is 9.18 Å². The number of aromatic nitrogens is 4. The van der Waals surface area contributed by atoms with E-state index < -0.39 is 0 Å². The number of amides is 1. The highest BCUT2D eigenvalue weighted by atomic mass is 19.1. The molecule has 2 aromatic heterocycles. The number of hydrogen-bond donors (Lipinski definition) is 1. The van der Waals surface area contributed by atoms with Gasteiger partial charge in [0.05, 0.1) is 23.4 Å². The van der Waals surface area contributed by atoms with Crippen molar-refractivity contribution in [2.45, 2.75) is 38.1 Å². The summed E-state index contributed by atoms with van der Waals surface area (Å²) in [4.78, 5) is 28.7. The van der Waals surface area contributed by atoms with E-state index in [0.717, 1.165) is 68.8 Å². The Labute approximate surface area is 226 Å². The van der Waals surface area contributed by atoms with Gasteiger partial charge in [0.1, 0.15) is 11.6 Å². The molecule has 0 radical (unpaired) electrons. The molecule has 0 saturated carbocycles. The summed E-state index contributed by atoms with van der Waals surface area (Å²) in [5.41, 5.74) is 3.63. The predicted molar refractivity (Wildman–Crippen MR) is 146 cm³/mol. The van der Waals surface area contributed by atoms with Crippen LogP contribution in [0.2, 0.25) is 0 Å². The Balaban J connectivity index is 1.32. The molecular weight excluding hydrogens is 495 g/mol. The number of hydrogen-bond acceptors (Lipinski definition) is 6. The fourth-order valence-corrected chi connectivity index (χ4v) is 5.39. The number of benzene rings is 2. The number of rotatable bonds is 6. The summed E-state index contributed by atoms with van der Waals surface area (Å²) in [5.74, 6) is 0.224. The molecule has 0 spiro atoms. The van der Waals surface area contributed by atoms with Gasteiger partial charge < -0.3 is 19.5 Å². The van der Waals surface area contributed by atoms with Gasteiger partial charge in [0.15, 0.2) is 0 Å². The van der Waals surface area contributed by atoms with E-state index in [1.165, 1.54) is 18.6 Å². The third kappa shape index (κ3) is 5.54. The molecule has 1 amide bonds. The number of piperidine rings is 2. The van der Waals surface area contributed by atoms with Crippen LogP contribution in [0.25, 0.3) is 22.6 Å². The van der Waals surface area contributed by atoms with Crippen LogP contribution in [0, 0.1) is 5.82 Å². The smallest absolute Gasteiger partial charge is 0.322 e. The highest BCUT2D eigenvalue weighted by molar-refractivity contribution is 5.94. The average Bonchev–Trinajstić information content (AvgIpc) is 3.44. The van der Waals surface area contributed by atoms with Crippen molar-refractivity contribution in [2.24, 2.45) is 0 Å². The topological polar surface area (TPSA) is 85.2 Å². The minimum absolute atomic E-state index is 0.0182. The molecule has 4 aromatic rings. The minimum atomic E-state index is -0.295. The van der Waals surface area contributed by atoms with Gasteiger partial charge in [0.2, 0.25) is 0 Å². The summed E-state index contributed by atoms with van der Waals surface area (Å²) in [6.45, 7) is 3.43. The zero-order chi connectivity index (χ0) is 26.6. The second-order valence-corrected chi connectivity index (χ2v) is 10.0. The van der Waals surface area contributed by atoms with E-state index in [-0.39, 0.29) is 23.8 Å². The largest absolute Gasteiger partial charge is 0.424 e. The molecule has 0 aliphatic carbocycles. The van der Waals surface area contributed by atoms with Gasteiger partial charge in [0, 0.05) is 36.5 Å². The summed E-state index contributed by atoms with van der Waals surface area (Å²) in [5, 5.41) is 3.41. The molecule has 9 heteroatoms. The molecule has 39 heavy (non-hydrogen) atoms. The van der Waals surface area contributed by atoms with Gasteiger partial charge in [-0.25, -0.2) is 14.4 Å². The Morgan fingerprint density at radius 1 is 0.974 bits per heavy atom. The van der Waals surface area contributed by atoms with Crippen molar-refractivity contribution >= 4 is 5.91 Å². The second kappa shape index (κ2) is 11.3. The lowest BCUT2D eigenvalue weighted by Gasteiger charge is -2.26. The summed E-state index contributed by atoms with van der Waals surface area (Å²) >= 11 is 0. The van der Waals surface area contributed by atoms with E-state index in [2.05, 4.69) is 14.9 Å². The van der Waals surface area contributed by atoms with Crippen LogP contribution in [0.5, 0.6) is 11.8 Å². The molecule has 0 atom stereocenters. The first kappa shape index (κ1) is 25.2. The standard InChI is InChI=1S/C30H31FN6O2/c31-23-9-7-21(8-10-23)27-28(37(20-34-27)24-11-14-32-15-12-24)26-13-16-33-30(35-26)39-25-6-4-5-22(19-25)29(38)36-17-2-1-3-18-36/h4-10,13,16,19-20,24,32H,1-3,11-12,14-15,17-18H2. The monoisotopic (exact) mass is 526 g/mol. The molecule has 8 nitrogen and oxygen atoms in total. The van der Waals surface area contributed by atoms with Crippen LogP contribution in [-0.4, -0.2) is 56.5 Å².